The van der Waals surface area contributed by atoms with E-state index in [1.807, 2.05) is 12.2 Å². The average molecular weight is 446 g/mol. The van der Waals surface area contributed by atoms with Crippen LogP contribution in [0, 0.1) is 33.8 Å². The molecule has 1 saturated heterocycles. The maximum atomic E-state index is 13.1. The molecule has 9 nitrogen and oxygen atoms in total. The third-order valence-corrected chi connectivity index (χ3v) is 6.57. The van der Waals surface area contributed by atoms with Gasteiger partial charge >= 0.3 is 5.97 Å². The van der Waals surface area contributed by atoms with E-state index in [0.717, 1.165) is 11.3 Å². The van der Waals surface area contributed by atoms with E-state index in [1.54, 1.807) is 12.1 Å². The third-order valence-electron chi connectivity index (χ3n) is 6.57. The van der Waals surface area contributed by atoms with Gasteiger partial charge in [-0.2, -0.15) is 0 Å². The molecule has 4 atom stereocenters. The number of hydrogen-bond donors (Lipinski definition) is 0. The number of esters is 1. The van der Waals surface area contributed by atoms with Crippen molar-refractivity contribution in [3.05, 3.63) is 81.9 Å². The van der Waals surface area contributed by atoms with Crippen molar-refractivity contribution in [3.8, 4) is 0 Å². The fraction of sp³-hybridized carbons (Fsp3) is 0.250. The number of allylic oxidation sites excluding steroid dienone is 2. The molecule has 2 amide bonds. The largest absolute Gasteiger partial charge is 0.454 e. The van der Waals surface area contributed by atoms with E-state index >= 15 is 0 Å². The van der Waals surface area contributed by atoms with Crippen LogP contribution in [0.1, 0.15) is 27.1 Å². The number of anilines is 1. The molecule has 2 bridgehead atoms. The summed E-state index contributed by atoms with van der Waals surface area (Å²) in [5, 5.41) is 10.7. The molecule has 166 valence electrons. The van der Waals surface area contributed by atoms with E-state index < -0.39 is 35.1 Å². The lowest BCUT2D eigenvalue weighted by Crippen LogP contribution is -2.34. The minimum Gasteiger partial charge on any atom is -0.454 e. The van der Waals surface area contributed by atoms with Crippen LogP contribution in [0.25, 0.3) is 0 Å². The summed E-state index contributed by atoms with van der Waals surface area (Å²) in [4.78, 5) is 62.6. The van der Waals surface area contributed by atoms with Gasteiger partial charge in [-0.05, 0) is 42.5 Å². The number of benzene rings is 2. The Hall–Kier alpha value is -4.14. The number of non-ortho nitro benzene ring substituents is 1. The summed E-state index contributed by atoms with van der Waals surface area (Å²) < 4.78 is 5.16. The van der Waals surface area contributed by atoms with Crippen molar-refractivity contribution in [2.24, 2.45) is 23.7 Å². The normalized spacial score (nSPS) is 24.8. The molecule has 0 unspecified atom stereocenters. The van der Waals surface area contributed by atoms with Crippen LogP contribution < -0.4 is 4.90 Å². The number of para-hydroxylation sites is 1. The topological polar surface area (TPSA) is 124 Å². The molecule has 9 heteroatoms. The van der Waals surface area contributed by atoms with E-state index in [2.05, 4.69) is 0 Å². The zero-order valence-corrected chi connectivity index (χ0v) is 17.2. The second-order valence-corrected chi connectivity index (χ2v) is 8.33. The highest BCUT2D eigenvalue weighted by atomic mass is 16.6. The number of carbonyl (C=O) groups excluding carboxylic acids is 4. The van der Waals surface area contributed by atoms with Crippen LogP contribution >= 0.6 is 0 Å². The summed E-state index contributed by atoms with van der Waals surface area (Å²) in [6.07, 6.45) is 4.78. The Morgan fingerprint density at radius 1 is 0.970 bits per heavy atom. The van der Waals surface area contributed by atoms with Crippen molar-refractivity contribution in [2.45, 2.75) is 6.42 Å². The van der Waals surface area contributed by atoms with Gasteiger partial charge in [-0.3, -0.25) is 24.5 Å². The zero-order valence-electron chi connectivity index (χ0n) is 17.2. The molecule has 2 aromatic rings. The lowest BCUT2D eigenvalue weighted by molar-refractivity contribution is -0.384. The Morgan fingerprint density at radius 3 is 2.18 bits per heavy atom. The van der Waals surface area contributed by atoms with Gasteiger partial charge in [-0.15, -0.1) is 0 Å². The molecule has 2 aromatic carbocycles. The van der Waals surface area contributed by atoms with Gasteiger partial charge < -0.3 is 4.74 Å². The summed E-state index contributed by atoms with van der Waals surface area (Å²) in [6, 6.07) is 11.1. The molecule has 0 radical (unpaired) electrons. The lowest BCUT2D eigenvalue weighted by Gasteiger charge is -2.19. The number of imide groups is 1. The predicted molar refractivity (Wildman–Crippen MR) is 114 cm³/mol. The highest BCUT2D eigenvalue weighted by Crippen LogP contribution is 2.53. The van der Waals surface area contributed by atoms with Crippen molar-refractivity contribution in [1.82, 2.24) is 0 Å². The summed E-state index contributed by atoms with van der Waals surface area (Å²) >= 11 is 0. The first kappa shape index (κ1) is 20.7. The number of nitro groups is 1. The van der Waals surface area contributed by atoms with Crippen LogP contribution in [0.3, 0.4) is 0 Å². The number of rotatable bonds is 6. The third kappa shape index (κ3) is 3.32. The number of ketones is 1. The van der Waals surface area contributed by atoms with Gasteiger partial charge in [0.05, 0.1) is 28.0 Å². The summed E-state index contributed by atoms with van der Waals surface area (Å²) in [6.45, 7) is -0.591. The fourth-order valence-corrected chi connectivity index (χ4v) is 5.04. The number of fused-ring (bicyclic) bond motifs is 5. The Bertz CT molecular complexity index is 1200. The molecule has 0 aromatic heterocycles. The van der Waals surface area contributed by atoms with E-state index in [1.165, 1.54) is 36.4 Å². The van der Waals surface area contributed by atoms with Crippen molar-refractivity contribution in [2.75, 3.05) is 11.5 Å². The fourth-order valence-electron chi connectivity index (χ4n) is 5.04. The van der Waals surface area contributed by atoms with Gasteiger partial charge in [0.1, 0.15) is 0 Å². The maximum absolute atomic E-state index is 13.1. The van der Waals surface area contributed by atoms with Crippen LogP contribution in [0.5, 0.6) is 0 Å². The van der Waals surface area contributed by atoms with E-state index in [4.69, 9.17) is 4.74 Å². The second kappa shape index (κ2) is 7.77. The Labute approximate surface area is 187 Å². The van der Waals surface area contributed by atoms with E-state index in [9.17, 15) is 29.3 Å². The summed E-state index contributed by atoms with van der Waals surface area (Å²) in [5.74, 6) is -2.74. The van der Waals surface area contributed by atoms with Crippen LogP contribution in [-0.2, 0) is 14.3 Å². The molecule has 0 spiro atoms. The predicted octanol–water partition coefficient (Wildman–Crippen LogP) is 2.95. The molecule has 3 aliphatic rings. The number of Topliss-reactive ketones (excluding diaryl/α,β-unsaturated/α-hetero) is 1. The van der Waals surface area contributed by atoms with Crippen LogP contribution in [-0.4, -0.2) is 35.1 Å². The molecule has 5 rings (SSSR count). The van der Waals surface area contributed by atoms with E-state index in [-0.39, 0.29) is 46.2 Å². The number of nitrogens with zero attached hydrogens (tertiary/aromatic N) is 2. The smallest absolute Gasteiger partial charge is 0.340 e. The Balaban J connectivity index is 1.32. The number of carbonyl (C=O) groups is 4. The van der Waals surface area contributed by atoms with Crippen molar-refractivity contribution < 1.29 is 28.8 Å². The summed E-state index contributed by atoms with van der Waals surface area (Å²) in [7, 11) is 0. The number of amides is 2. The Morgan fingerprint density at radius 2 is 1.58 bits per heavy atom. The maximum Gasteiger partial charge on any atom is 0.340 e. The standard InChI is InChI=1S/C24H18N2O7/c27-19(13-7-9-16(10-8-13)26(31)32)12-33-24(30)17-3-1-2-4-18(17)25-22(28)20-14-5-6-15(11-14)21(20)23(25)29/h1-10,14-15,20-21H,11-12H2/t14-,15-,20-,21+/m0/s1. The molecule has 2 aliphatic carbocycles. The van der Waals surface area contributed by atoms with Crippen LogP contribution in [0.2, 0.25) is 0 Å². The molecule has 1 heterocycles. The first-order valence-corrected chi connectivity index (χ1v) is 10.5. The lowest BCUT2D eigenvalue weighted by atomic mass is 9.85. The monoisotopic (exact) mass is 446 g/mol. The van der Waals surface area contributed by atoms with Crippen molar-refractivity contribution in [3.63, 3.8) is 0 Å². The van der Waals surface area contributed by atoms with Gasteiger partial charge in [0.25, 0.3) is 5.69 Å². The minimum absolute atomic E-state index is 0.0102. The second-order valence-electron chi connectivity index (χ2n) is 8.33. The highest BCUT2D eigenvalue weighted by molar-refractivity contribution is 6.24. The first-order valence-electron chi connectivity index (χ1n) is 10.5. The van der Waals surface area contributed by atoms with Gasteiger partial charge in [-0.1, -0.05) is 24.3 Å². The van der Waals surface area contributed by atoms with Gasteiger partial charge in [0.15, 0.2) is 12.4 Å². The quantitative estimate of drug-likeness (QED) is 0.167. The van der Waals surface area contributed by atoms with Crippen LogP contribution in [0.4, 0.5) is 11.4 Å². The molecule has 0 N–H and O–H groups in total. The van der Waals surface area contributed by atoms with Gasteiger partial charge in [-0.25, -0.2) is 9.69 Å². The molecule has 2 fully saturated rings. The van der Waals surface area contributed by atoms with Gasteiger partial charge in [0.2, 0.25) is 11.8 Å². The van der Waals surface area contributed by atoms with Crippen molar-refractivity contribution in [1.29, 1.82) is 0 Å². The molecular weight excluding hydrogens is 428 g/mol. The number of nitro benzene ring substituents is 1. The van der Waals surface area contributed by atoms with Crippen LogP contribution in [0.15, 0.2) is 60.7 Å². The zero-order chi connectivity index (χ0) is 23.3. The number of hydrogen-bond acceptors (Lipinski definition) is 7. The highest BCUT2D eigenvalue weighted by Gasteiger charge is 2.59. The first-order chi connectivity index (χ1) is 15.9. The molecular formula is C24H18N2O7. The Kier molecular flexibility index (Phi) is 4.88. The SMILES string of the molecule is O=C(COC(=O)c1ccccc1N1C(=O)[C@@H]2[C@H](C1=O)[C@H]1C=C[C@H]2C1)c1ccc([N+](=O)[O-])cc1. The average Bonchev–Trinajstić information content (AvgIpc) is 3.51. The van der Waals surface area contributed by atoms with Crippen molar-refractivity contribution >= 4 is 34.9 Å². The number of ether oxygens (including phenoxy) is 1. The minimum atomic E-state index is -0.848. The van der Waals surface area contributed by atoms with E-state index in [0.29, 0.717) is 0 Å². The summed E-state index contributed by atoms with van der Waals surface area (Å²) in [5.41, 5.74) is 0.151. The van der Waals surface area contributed by atoms with Gasteiger partial charge in [0, 0.05) is 17.7 Å². The molecule has 33 heavy (non-hydrogen) atoms. The molecule has 1 aliphatic heterocycles. The molecule has 1 saturated carbocycles.